The fourth-order valence-electron chi connectivity index (χ4n) is 2.95. The molecule has 0 spiro atoms. The van der Waals surface area contributed by atoms with Crippen LogP contribution in [0.15, 0.2) is 65.4 Å². The van der Waals surface area contributed by atoms with Crippen LogP contribution in [0, 0.1) is 25.7 Å². The van der Waals surface area contributed by atoms with Gasteiger partial charge in [-0.05, 0) is 63.1 Å². The molecule has 0 saturated heterocycles. The molecular formula is C25H25O3S+. The molecule has 1 heterocycles. The fraction of sp³-hybridized carbons (Fsp3) is 0.240. The molecular weight excluding hydrogens is 380 g/mol. The van der Waals surface area contributed by atoms with Gasteiger partial charge in [-0.3, -0.25) is 0 Å². The fourth-order valence-corrected chi connectivity index (χ4v) is 4.50. The molecule has 0 aliphatic heterocycles. The Balaban J connectivity index is 1.62. The number of hydrogen-bond donors (Lipinski definition) is 0. The summed E-state index contributed by atoms with van der Waals surface area (Å²) >= 11 is 0. The van der Waals surface area contributed by atoms with Crippen molar-refractivity contribution in [2.24, 2.45) is 0 Å². The van der Waals surface area contributed by atoms with Crippen LogP contribution < -0.4 is 4.74 Å². The van der Waals surface area contributed by atoms with Crippen molar-refractivity contribution < 1.29 is 14.3 Å². The lowest BCUT2D eigenvalue weighted by Gasteiger charge is -2.19. The Bertz CT molecular complexity index is 1020. The summed E-state index contributed by atoms with van der Waals surface area (Å²) in [4.78, 5) is 13.6. The molecule has 3 rings (SSSR count). The average molecular weight is 406 g/mol. The Labute approximate surface area is 175 Å². The van der Waals surface area contributed by atoms with Crippen molar-refractivity contribution in [2.75, 3.05) is 6.61 Å². The zero-order valence-electron chi connectivity index (χ0n) is 17.2. The molecule has 3 nitrogen and oxygen atoms in total. The van der Waals surface area contributed by atoms with E-state index in [0.717, 1.165) is 22.4 Å². The number of rotatable bonds is 5. The number of hydrogen-bond acceptors (Lipinski definition) is 3. The molecule has 0 amide bonds. The molecule has 0 saturated carbocycles. The highest BCUT2D eigenvalue weighted by atomic mass is 32.2. The number of carbonyl (C=O) groups is 1. The molecule has 3 aromatic rings. The first kappa shape index (κ1) is 20.7. The molecule has 0 atom stereocenters. The quantitative estimate of drug-likeness (QED) is 0.306. The highest BCUT2D eigenvalue weighted by Crippen LogP contribution is 2.35. The standard InChI is InChI=1S/C25H25O3S/c1-19-16-22(29-14-8-9-15-29)17-20(2)24(19)27-18-23(26)28-25(3,4)13-12-21-10-6-5-7-11-21/h5-11,14-17H,18H2,1-4H3/q+1. The van der Waals surface area contributed by atoms with Crippen LogP contribution >= 0.6 is 10.5 Å². The summed E-state index contributed by atoms with van der Waals surface area (Å²) in [5, 5.41) is 4.37. The number of esters is 1. The van der Waals surface area contributed by atoms with Crippen molar-refractivity contribution in [2.45, 2.75) is 33.3 Å². The molecule has 0 aliphatic carbocycles. The van der Waals surface area contributed by atoms with Crippen molar-refractivity contribution in [1.29, 1.82) is 0 Å². The molecule has 2 aromatic carbocycles. The van der Waals surface area contributed by atoms with Gasteiger partial charge in [0.15, 0.2) is 17.1 Å². The second kappa shape index (κ2) is 8.98. The van der Waals surface area contributed by atoms with Crippen LogP contribution in [0.2, 0.25) is 0 Å². The lowest BCUT2D eigenvalue weighted by molar-refractivity contribution is -0.154. The molecule has 4 heteroatoms. The van der Waals surface area contributed by atoms with Crippen LogP contribution in [0.5, 0.6) is 5.75 Å². The highest BCUT2D eigenvalue weighted by Gasteiger charge is 2.21. The Kier molecular flexibility index (Phi) is 6.41. The third-order valence-corrected chi connectivity index (χ3v) is 5.93. The minimum atomic E-state index is -0.896. The van der Waals surface area contributed by atoms with Crippen LogP contribution in [0.3, 0.4) is 0 Å². The van der Waals surface area contributed by atoms with E-state index in [1.807, 2.05) is 44.2 Å². The van der Waals surface area contributed by atoms with Gasteiger partial charge in [-0.1, -0.05) is 30.0 Å². The third kappa shape index (κ3) is 5.73. The van der Waals surface area contributed by atoms with Gasteiger partial charge < -0.3 is 9.47 Å². The summed E-state index contributed by atoms with van der Waals surface area (Å²) in [6, 6.07) is 18.0. The Morgan fingerprint density at radius 1 is 1.00 bits per heavy atom. The number of thiophene rings is 1. The molecule has 0 radical (unpaired) electrons. The van der Waals surface area contributed by atoms with Gasteiger partial charge in [0.2, 0.25) is 0 Å². The van der Waals surface area contributed by atoms with E-state index >= 15 is 0 Å². The molecule has 0 aliphatic rings. The maximum Gasteiger partial charge on any atom is 0.345 e. The Hall–Kier alpha value is -3.03. The van der Waals surface area contributed by atoms with Gasteiger partial charge in [0.05, 0.1) is 0 Å². The van der Waals surface area contributed by atoms with Crippen LogP contribution in [0.4, 0.5) is 0 Å². The summed E-state index contributed by atoms with van der Waals surface area (Å²) in [7, 11) is 0.0126. The highest BCUT2D eigenvalue weighted by molar-refractivity contribution is 7.36. The van der Waals surface area contributed by atoms with Gasteiger partial charge >= 0.3 is 5.97 Å². The zero-order chi connectivity index (χ0) is 20.9. The maximum absolute atomic E-state index is 12.3. The van der Waals surface area contributed by atoms with Crippen molar-refractivity contribution in [3.8, 4) is 22.5 Å². The molecule has 0 unspecified atom stereocenters. The van der Waals surface area contributed by atoms with E-state index in [1.165, 1.54) is 4.90 Å². The first-order valence-electron chi connectivity index (χ1n) is 9.45. The first-order valence-corrected chi connectivity index (χ1v) is 10.8. The lowest BCUT2D eigenvalue weighted by Crippen LogP contribution is -2.29. The minimum Gasteiger partial charge on any atom is -0.481 e. The van der Waals surface area contributed by atoms with E-state index in [9.17, 15) is 4.79 Å². The number of benzene rings is 2. The summed E-state index contributed by atoms with van der Waals surface area (Å²) in [6.07, 6.45) is 0. The van der Waals surface area contributed by atoms with Crippen LogP contribution in [0.1, 0.15) is 30.5 Å². The zero-order valence-corrected chi connectivity index (χ0v) is 18.0. The second-order valence-corrected chi connectivity index (χ2v) is 9.06. The topological polar surface area (TPSA) is 35.5 Å². The van der Waals surface area contributed by atoms with Crippen molar-refractivity contribution in [3.05, 3.63) is 82.0 Å². The second-order valence-electron chi connectivity index (χ2n) is 7.30. The van der Waals surface area contributed by atoms with Crippen molar-refractivity contribution >= 4 is 16.4 Å². The molecule has 29 heavy (non-hydrogen) atoms. The Morgan fingerprint density at radius 3 is 2.24 bits per heavy atom. The van der Waals surface area contributed by atoms with Gasteiger partial charge in [0.25, 0.3) is 0 Å². The average Bonchev–Trinajstić information content (AvgIpc) is 3.21. The van der Waals surface area contributed by atoms with E-state index in [1.54, 1.807) is 13.8 Å². The van der Waals surface area contributed by atoms with E-state index in [0.29, 0.717) is 0 Å². The molecule has 148 valence electrons. The van der Waals surface area contributed by atoms with E-state index in [2.05, 4.69) is 46.9 Å². The summed E-state index contributed by atoms with van der Waals surface area (Å²) in [5.74, 6) is 6.33. The smallest absolute Gasteiger partial charge is 0.345 e. The largest absolute Gasteiger partial charge is 0.481 e. The predicted molar refractivity (Wildman–Crippen MR) is 119 cm³/mol. The van der Waals surface area contributed by atoms with Crippen LogP contribution in [-0.2, 0) is 9.53 Å². The number of aryl methyl sites for hydroxylation is 2. The van der Waals surface area contributed by atoms with E-state index < -0.39 is 11.6 Å². The summed E-state index contributed by atoms with van der Waals surface area (Å²) in [5.41, 5.74) is 2.01. The first-order chi connectivity index (χ1) is 13.8. The SMILES string of the molecule is Cc1cc(-[s+]2cccc2)cc(C)c1OCC(=O)OC(C)(C)C#Cc1ccccc1. The van der Waals surface area contributed by atoms with Crippen molar-refractivity contribution in [1.82, 2.24) is 0 Å². The molecule has 0 fully saturated rings. The normalized spacial score (nSPS) is 10.8. The van der Waals surface area contributed by atoms with Crippen LogP contribution in [0.25, 0.3) is 4.90 Å². The van der Waals surface area contributed by atoms with E-state index in [-0.39, 0.29) is 17.1 Å². The van der Waals surface area contributed by atoms with Gasteiger partial charge in [-0.2, -0.15) is 0 Å². The molecule has 0 bridgehead atoms. The predicted octanol–water partition coefficient (Wildman–Crippen LogP) is 5.79. The van der Waals surface area contributed by atoms with E-state index in [4.69, 9.17) is 9.47 Å². The third-order valence-electron chi connectivity index (χ3n) is 4.25. The van der Waals surface area contributed by atoms with Crippen LogP contribution in [-0.4, -0.2) is 18.2 Å². The summed E-state index contributed by atoms with van der Waals surface area (Å²) < 4.78 is 11.3. The van der Waals surface area contributed by atoms with Gasteiger partial charge in [0, 0.05) is 28.2 Å². The maximum atomic E-state index is 12.3. The van der Waals surface area contributed by atoms with Gasteiger partial charge in [-0.25, -0.2) is 4.79 Å². The Morgan fingerprint density at radius 2 is 1.62 bits per heavy atom. The molecule has 1 aromatic heterocycles. The summed E-state index contributed by atoms with van der Waals surface area (Å²) in [6.45, 7) is 7.40. The number of ether oxygens (including phenoxy) is 2. The minimum absolute atomic E-state index is 0.0126. The van der Waals surface area contributed by atoms with Crippen molar-refractivity contribution in [3.63, 3.8) is 0 Å². The number of carbonyl (C=O) groups excluding carboxylic acids is 1. The van der Waals surface area contributed by atoms with Gasteiger partial charge in [0.1, 0.15) is 16.5 Å². The monoisotopic (exact) mass is 405 g/mol. The van der Waals surface area contributed by atoms with Gasteiger partial charge in [-0.15, -0.1) is 0 Å². The molecule has 0 N–H and O–H groups in total. The lowest BCUT2D eigenvalue weighted by atomic mass is 10.1.